The van der Waals surface area contributed by atoms with Crippen LogP contribution in [0.5, 0.6) is 0 Å². The van der Waals surface area contributed by atoms with Gasteiger partial charge in [-0.1, -0.05) is 26.0 Å². The molecule has 110 valence electrons. The fourth-order valence-electron chi connectivity index (χ4n) is 2.61. The molecule has 0 aliphatic heterocycles. The van der Waals surface area contributed by atoms with Gasteiger partial charge in [-0.15, -0.1) is 0 Å². The SMILES string of the molecule is CNC(c1ccn(Cc2cccc(C#N)c2F)c1)C(C)C. The number of hydrogen-bond acceptors (Lipinski definition) is 2. The lowest BCUT2D eigenvalue weighted by Gasteiger charge is -2.18. The third kappa shape index (κ3) is 3.32. The second-order valence-electron chi connectivity index (χ2n) is 5.52. The van der Waals surface area contributed by atoms with E-state index in [1.807, 2.05) is 36.1 Å². The van der Waals surface area contributed by atoms with Crippen LogP contribution in [0.15, 0.2) is 36.7 Å². The summed E-state index contributed by atoms with van der Waals surface area (Å²) in [6.45, 7) is 4.75. The number of aromatic nitrogens is 1. The maximum Gasteiger partial charge on any atom is 0.145 e. The first-order chi connectivity index (χ1) is 10.1. The molecular formula is C17H20FN3. The molecule has 1 aromatic heterocycles. The number of rotatable bonds is 5. The summed E-state index contributed by atoms with van der Waals surface area (Å²) >= 11 is 0. The van der Waals surface area contributed by atoms with Gasteiger partial charge in [-0.3, -0.25) is 0 Å². The van der Waals surface area contributed by atoms with Crippen LogP contribution in [0.1, 0.15) is 36.6 Å². The summed E-state index contributed by atoms with van der Waals surface area (Å²) in [7, 11) is 1.94. The van der Waals surface area contributed by atoms with E-state index in [2.05, 4.69) is 19.2 Å². The van der Waals surface area contributed by atoms with E-state index in [9.17, 15) is 4.39 Å². The van der Waals surface area contributed by atoms with E-state index in [0.29, 0.717) is 18.0 Å². The molecule has 2 aromatic rings. The summed E-state index contributed by atoms with van der Waals surface area (Å²) in [5.41, 5.74) is 1.81. The van der Waals surface area contributed by atoms with Crippen molar-refractivity contribution < 1.29 is 4.39 Å². The van der Waals surface area contributed by atoms with Crippen LogP contribution < -0.4 is 5.32 Å². The van der Waals surface area contributed by atoms with Crippen LogP contribution in [0, 0.1) is 23.1 Å². The van der Waals surface area contributed by atoms with Crippen molar-refractivity contribution in [1.29, 1.82) is 5.26 Å². The van der Waals surface area contributed by atoms with Crippen LogP contribution in [0.25, 0.3) is 0 Å². The molecule has 0 radical (unpaired) electrons. The van der Waals surface area contributed by atoms with Gasteiger partial charge in [-0.2, -0.15) is 5.26 Å². The molecule has 21 heavy (non-hydrogen) atoms. The van der Waals surface area contributed by atoms with Crippen molar-refractivity contribution in [3.63, 3.8) is 0 Å². The smallest absolute Gasteiger partial charge is 0.145 e. The van der Waals surface area contributed by atoms with Gasteiger partial charge in [-0.25, -0.2) is 4.39 Å². The predicted molar refractivity (Wildman–Crippen MR) is 81.3 cm³/mol. The first-order valence-corrected chi connectivity index (χ1v) is 7.07. The molecule has 4 heteroatoms. The molecule has 0 saturated carbocycles. The molecule has 0 aliphatic rings. The van der Waals surface area contributed by atoms with Gasteiger partial charge < -0.3 is 9.88 Å². The van der Waals surface area contributed by atoms with Crippen LogP contribution in [0.4, 0.5) is 4.39 Å². The quantitative estimate of drug-likeness (QED) is 0.914. The van der Waals surface area contributed by atoms with E-state index in [-0.39, 0.29) is 11.6 Å². The number of benzene rings is 1. The molecule has 0 amide bonds. The maximum atomic E-state index is 14.1. The Balaban J connectivity index is 2.22. The van der Waals surface area contributed by atoms with E-state index in [0.717, 1.165) is 0 Å². The Morgan fingerprint density at radius 1 is 1.33 bits per heavy atom. The van der Waals surface area contributed by atoms with Gasteiger partial charge in [0.25, 0.3) is 0 Å². The van der Waals surface area contributed by atoms with Crippen LogP contribution >= 0.6 is 0 Å². The lowest BCUT2D eigenvalue weighted by molar-refractivity contribution is 0.442. The van der Waals surface area contributed by atoms with E-state index >= 15 is 0 Å². The van der Waals surface area contributed by atoms with Gasteiger partial charge in [0.05, 0.1) is 5.56 Å². The van der Waals surface area contributed by atoms with Crippen molar-refractivity contribution in [2.24, 2.45) is 5.92 Å². The van der Waals surface area contributed by atoms with Gasteiger partial charge in [0, 0.05) is 30.5 Å². The molecule has 0 spiro atoms. The van der Waals surface area contributed by atoms with Gasteiger partial charge in [0.2, 0.25) is 0 Å². The summed E-state index contributed by atoms with van der Waals surface area (Å²) in [5, 5.41) is 12.2. The molecule has 0 aliphatic carbocycles. The average Bonchev–Trinajstić information content (AvgIpc) is 2.90. The Morgan fingerprint density at radius 2 is 2.10 bits per heavy atom. The largest absolute Gasteiger partial charge is 0.349 e. The lowest BCUT2D eigenvalue weighted by atomic mass is 9.99. The minimum Gasteiger partial charge on any atom is -0.349 e. The van der Waals surface area contributed by atoms with Gasteiger partial charge in [0.1, 0.15) is 11.9 Å². The van der Waals surface area contributed by atoms with E-state index in [4.69, 9.17) is 5.26 Å². The monoisotopic (exact) mass is 285 g/mol. The standard InChI is InChI=1S/C17H20FN3/c1-12(2)17(20-3)15-7-8-21(11-15)10-14-6-4-5-13(9-19)16(14)18/h4-8,11-12,17,20H,10H2,1-3H3. The highest BCUT2D eigenvalue weighted by molar-refractivity contribution is 5.35. The Bertz CT molecular complexity index is 652. The van der Waals surface area contributed by atoms with E-state index in [1.54, 1.807) is 12.1 Å². The van der Waals surface area contributed by atoms with Crippen molar-refractivity contribution in [2.75, 3.05) is 7.05 Å². The molecule has 2 rings (SSSR count). The minimum absolute atomic E-state index is 0.0927. The van der Waals surface area contributed by atoms with Crippen LogP contribution in [0.3, 0.4) is 0 Å². The molecule has 0 saturated heterocycles. The number of nitrogens with one attached hydrogen (secondary N) is 1. The zero-order valence-electron chi connectivity index (χ0n) is 12.6. The summed E-state index contributed by atoms with van der Waals surface area (Å²) < 4.78 is 16.0. The summed E-state index contributed by atoms with van der Waals surface area (Å²) in [6.07, 6.45) is 3.97. The number of nitriles is 1. The molecular weight excluding hydrogens is 265 g/mol. The normalized spacial score (nSPS) is 12.4. The number of nitrogens with zero attached hydrogens (tertiary/aromatic N) is 2. The van der Waals surface area contributed by atoms with E-state index < -0.39 is 5.82 Å². The molecule has 3 nitrogen and oxygen atoms in total. The third-order valence-electron chi connectivity index (χ3n) is 3.66. The molecule has 1 heterocycles. The minimum atomic E-state index is -0.427. The van der Waals surface area contributed by atoms with Gasteiger partial charge in [0.15, 0.2) is 0 Å². The highest BCUT2D eigenvalue weighted by atomic mass is 19.1. The van der Waals surface area contributed by atoms with Crippen molar-refractivity contribution in [3.8, 4) is 6.07 Å². The van der Waals surface area contributed by atoms with Gasteiger partial charge >= 0.3 is 0 Å². The molecule has 0 bridgehead atoms. The fraction of sp³-hybridized carbons (Fsp3) is 0.353. The van der Waals surface area contributed by atoms with Gasteiger partial charge in [-0.05, 0) is 30.7 Å². The predicted octanol–water partition coefficient (Wildman–Crippen LogP) is 3.46. The highest BCUT2D eigenvalue weighted by Crippen LogP contribution is 2.22. The molecule has 1 aromatic carbocycles. The summed E-state index contributed by atoms with van der Waals surface area (Å²) in [5.74, 6) is 0.0498. The first kappa shape index (κ1) is 15.3. The van der Waals surface area contributed by atoms with Crippen molar-refractivity contribution >= 4 is 0 Å². The Kier molecular flexibility index (Phi) is 4.77. The van der Waals surface area contributed by atoms with Crippen LogP contribution in [-0.4, -0.2) is 11.6 Å². The second-order valence-corrected chi connectivity index (χ2v) is 5.52. The van der Waals surface area contributed by atoms with Crippen molar-refractivity contribution in [2.45, 2.75) is 26.4 Å². The Hall–Kier alpha value is -2.12. The summed E-state index contributed by atoms with van der Waals surface area (Å²) in [6, 6.07) is 9.13. The molecule has 1 N–H and O–H groups in total. The molecule has 1 unspecified atom stereocenters. The zero-order valence-corrected chi connectivity index (χ0v) is 12.6. The summed E-state index contributed by atoms with van der Waals surface area (Å²) in [4.78, 5) is 0. The van der Waals surface area contributed by atoms with Crippen LogP contribution in [-0.2, 0) is 6.54 Å². The lowest BCUT2D eigenvalue weighted by Crippen LogP contribution is -2.21. The number of hydrogen-bond donors (Lipinski definition) is 1. The second kappa shape index (κ2) is 6.55. The average molecular weight is 285 g/mol. The molecule has 0 fully saturated rings. The zero-order chi connectivity index (χ0) is 15.4. The topological polar surface area (TPSA) is 40.8 Å². The first-order valence-electron chi connectivity index (χ1n) is 7.07. The van der Waals surface area contributed by atoms with Crippen molar-refractivity contribution in [1.82, 2.24) is 9.88 Å². The van der Waals surface area contributed by atoms with Crippen LogP contribution in [0.2, 0.25) is 0 Å². The third-order valence-corrected chi connectivity index (χ3v) is 3.66. The number of halogens is 1. The Morgan fingerprint density at radius 3 is 2.71 bits per heavy atom. The maximum absolute atomic E-state index is 14.1. The van der Waals surface area contributed by atoms with E-state index in [1.165, 1.54) is 11.6 Å². The molecule has 1 atom stereocenters. The van der Waals surface area contributed by atoms with Crippen molar-refractivity contribution in [3.05, 3.63) is 59.2 Å². The Labute approximate surface area is 125 Å². The highest BCUT2D eigenvalue weighted by Gasteiger charge is 2.15. The fourth-order valence-corrected chi connectivity index (χ4v) is 2.61.